The van der Waals surface area contributed by atoms with Crippen molar-refractivity contribution in [3.8, 4) is 0 Å². The van der Waals surface area contributed by atoms with Gasteiger partial charge in [0, 0.05) is 43.7 Å². The molecule has 5 heteroatoms. The third-order valence-electron chi connectivity index (χ3n) is 4.16. The van der Waals surface area contributed by atoms with Crippen molar-refractivity contribution in [1.82, 2.24) is 9.88 Å². The quantitative estimate of drug-likeness (QED) is 0.892. The first-order chi connectivity index (χ1) is 9.33. The molecule has 19 heavy (non-hydrogen) atoms. The van der Waals surface area contributed by atoms with Crippen LogP contribution in [0.2, 0.25) is 0 Å². The maximum Gasteiger partial charge on any atom is 0.123 e. The fraction of sp³-hybridized carbons (Fsp3) is 0.643. The number of hydrogen-bond donors (Lipinski definition) is 1. The van der Waals surface area contributed by atoms with Crippen LogP contribution in [0.15, 0.2) is 18.3 Å². The van der Waals surface area contributed by atoms with E-state index in [-0.39, 0.29) is 0 Å². The number of nitrogens with two attached hydrogens (primary N) is 1. The molecule has 0 saturated carbocycles. The topological polar surface area (TPSA) is 45.4 Å². The van der Waals surface area contributed by atoms with Crippen LogP contribution in [0.4, 0.5) is 11.5 Å². The highest BCUT2D eigenvalue weighted by Gasteiger charge is 2.25. The molecule has 3 heterocycles. The Balaban J connectivity index is 1.55. The summed E-state index contributed by atoms with van der Waals surface area (Å²) in [5.41, 5.74) is 6.85. The minimum absolute atomic E-state index is 0.601. The molecule has 1 aromatic rings. The number of hydrogen-bond acceptors (Lipinski definition) is 5. The summed E-state index contributed by atoms with van der Waals surface area (Å²) in [6.45, 7) is 4.83. The predicted octanol–water partition coefficient (Wildman–Crippen LogP) is 1.68. The third-order valence-corrected chi connectivity index (χ3v) is 5.10. The molecule has 104 valence electrons. The van der Waals surface area contributed by atoms with Gasteiger partial charge in [-0.05, 0) is 25.0 Å². The monoisotopic (exact) mass is 278 g/mol. The standard InChI is InChI=1S/C14H22N4S/c15-14-2-1-13(11-16-14)17-5-3-12(4-6-17)18-7-9-19-10-8-18/h1-2,11-12H,3-10H2,(H2,15,16). The second-order valence-electron chi connectivity index (χ2n) is 5.31. The van der Waals surface area contributed by atoms with Crippen LogP contribution in [0.3, 0.4) is 0 Å². The summed E-state index contributed by atoms with van der Waals surface area (Å²) in [4.78, 5) is 9.31. The van der Waals surface area contributed by atoms with Gasteiger partial charge in [0.15, 0.2) is 0 Å². The summed E-state index contributed by atoms with van der Waals surface area (Å²) < 4.78 is 0. The van der Waals surface area contributed by atoms with E-state index in [0.717, 1.165) is 19.1 Å². The number of anilines is 2. The van der Waals surface area contributed by atoms with Gasteiger partial charge in [-0.3, -0.25) is 4.90 Å². The number of nitrogen functional groups attached to an aromatic ring is 1. The van der Waals surface area contributed by atoms with E-state index < -0.39 is 0 Å². The van der Waals surface area contributed by atoms with Crippen molar-refractivity contribution < 1.29 is 0 Å². The summed E-state index contributed by atoms with van der Waals surface area (Å²) >= 11 is 2.09. The van der Waals surface area contributed by atoms with Gasteiger partial charge in [-0.1, -0.05) is 0 Å². The lowest BCUT2D eigenvalue weighted by Gasteiger charge is -2.40. The summed E-state index contributed by atoms with van der Waals surface area (Å²) in [6.07, 6.45) is 4.44. The van der Waals surface area contributed by atoms with E-state index in [4.69, 9.17) is 5.73 Å². The van der Waals surface area contributed by atoms with Gasteiger partial charge in [-0.15, -0.1) is 0 Å². The second-order valence-corrected chi connectivity index (χ2v) is 6.53. The third kappa shape index (κ3) is 3.15. The number of pyridine rings is 1. The molecule has 2 fully saturated rings. The molecule has 4 nitrogen and oxygen atoms in total. The first kappa shape index (κ1) is 13.1. The zero-order chi connectivity index (χ0) is 13.1. The highest BCUT2D eigenvalue weighted by Crippen LogP contribution is 2.24. The molecule has 0 unspecified atom stereocenters. The molecular weight excluding hydrogens is 256 g/mol. The lowest BCUT2D eigenvalue weighted by atomic mass is 10.0. The van der Waals surface area contributed by atoms with E-state index in [2.05, 4.69) is 32.6 Å². The fourth-order valence-electron chi connectivity index (χ4n) is 3.02. The van der Waals surface area contributed by atoms with Gasteiger partial charge >= 0.3 is 0 Å². The summed E-state index contributed by atoms with van der Waals surface area (Å²) in [5, 5.41) is 0. The van der Waals surface area contributed by atoms with Crippen molar-refractivity contribution in [2.45, 2.75) is 18.9 Å². The van der Waals surface area contributed by atoms with Crippen LogP contribution in [-0.4, -0.2) is 53.6 Å². The van der Waals surface area contributed by atoms with Crippen molar-refractivity contribution in [3.05, 3.63) is 18.3 Å². The van der Waals surface area contributed by atoms with Crippen molar-refractivity contribution in [1.29, 1.82) is 0 Å². The average molecular weight is 278 g/mol. The lowest BCUT2D eigenvalue weighted by Crippen LogP contribution is -2.47. The predicted molar refractivity (Wildman–Crippen MR) is 82.8 cm³/mol. The molecule has 2 aliphatic rings. The molecule has 2 aliphatic heterocycles. The first-order valence-corrected chi connectivity index (χ1v) is 8.27. The van der Waals surface area contributed by atoms with Gasteiger partial charge in [0.05, 0.1) is 11.9 Å². The molecule has 0 atom stereocenters. The van der Waals surface area contributed by atoms with Gasteiger partial charge in [-0.25, -0.2) is 4.98 Å². The lowest BCUT2D eigenvalue weighted by molar-refractivity contribution is 0.186. The van der Waals surface area contributed by atoms with Crippen LogP contribution in [0.1, 0.15) is 12.8 Å². The summed E-state index contributed by atoms with van der Waals surface area (Å²) in [7, 11) is 0. The van der Waals surface area contributed by atoms with E-state index in [9.17, 15) is 0 Å². The minimum atomic E-state index is 0.601. The summed E-state index contributed by atoms with van der Waals surface area (Å²) in [5.74, 6) is 3.22. The Kier molecular flexibility index (Phi) is 4.13. The van der Waals surface area contributed by atoms with Crippen molar-refractivity contribution >= 4 is 23.3 Å². The molecule has 2 N–H and O–H groups in total. The Labute approximate surface area is 119 Å². The molecule has 3 rings (SSSR count). The Morgan fingerprint density at radius 1 is 1.11 bits per heavy atom. The van der Waals surface area contributed by atoms with Crippen LogP contribution in [-0.2, 0) is 0 Å². The number of aromatic nitrogens is 1. The van der Waals surface area contributed by atoms with Crippen LogP contribution in [0, 0.1) is 0 Å². The van der Waals surface area contributed by atoms with Gasteiger partial charge < -0.3 is 10.6 Å². The van der Waals surface area contributed by atoms with E-state index in [0.29, 0.717) is 5.82 Å². The largest absolute Gasteiger partial charge is 0.384 e. The van der Waals surface area contributed by atoms with E-state index in [1.807, 2.05) is 12.3 Å². The SMILES string of the molecule is Nc1ccc(N2CCC(N3CCSCC3)CC2)cn1. The van der Waals surface area contributed by atoms with Gasteiger partial charge in [0.25, 0.3) is 0 Å². The molecule has 0 amide bonds. The summed E-state index contributed by atoms with van der Waals surface area (Å²) in [6, 6.07) is 4.77. The Bertz CT molecular complexity index is 394. The Morgan fingerprint density at radius 2 is 1.84 bits per heavy atom. The first-order valence-electron chi connectivity index (χ1n) is 7.11. The molecule has 0 aromatic carbocycles. The van der Waals surface area contributed by atoms with Crippen LogP contribution in [0.5, 0.6) is 0 Å². The minimum Gasteiger partial charge on any atom is -0.384 e. The van der Waals surface area contributed by atoms with E-state index >= 15 is 0 Å². The van der Waals surface area contributed by atoms with Crippen molar-refractivity contribution in [2.24, 2.45) is 0 Å². The maximum atomic E-state index is 5.64. The van der Waals surface area contributed by atoms with E-state index in [1.54, 1.807) is 0 Å². The number of piperidine rings is 1. The Morgan fingerprint density at radius 3 is 2.47 bits per heavy atom. The van der Waals surface area contributed by atoms with Gasteiger partial charge in [0.1, 0.15) is 5.82 Å². The van der Waals surface area contributed by atoms with Crippen LogP contribution in [0.25, 0.3) is 0 Å². The molecular formula is C14H22N4S. The normalized spacial score (nSPS) is 22.6. The smallest absolute Gasteiger partial charge is 0.123 e. The van der Waals surface area contributed by atoms with Crippen LogP contribution < -0.4 is 10.6 Å². The number of rotatable bonds is 2. The zero-order valence-electron chi connectivity index (χ0n) is 11.3. The fourth-order valence-corrected chi connectivity index (χ4v) is 3.95. The maximum absolute atomic E-state index is 5.64. The van der Waals surface area contributed by atoms with Crippen molar-refractivity contribution in [3.63, 3.8) is 0 Å². The molecule has 0 bridgehead atoms. The highest BCUT2D eigenvalue weighted by atomic mass is 32.2. The average Bonchev–Trinajstić information content (AvgIpc) is 2.49. The highest BCUT2D eigenvalue weighted by molar-refractivity contribution is 7.99. The second kappa shape index (κ2) is 6.01. The van der Waals surface area contributed by atoms with Crippen LogP contribution >= 0.6 is 11.8 Å². The number of thioether (sulfide) groups is 1. The molecule has 1 aromatic heterocycles. The molecule has 2 saturated heterocycles. The zero-order valence-corrected chi connectivity index (χ0v) is 12.1. The van der Waals surface area contributed by atoms with Crippen molar-refractivity contribution in [2.75, 3.05) is 48.3 Å². The van der Waals surface area contributed by atoms with Gasteiger partial charge in [0.2, 0.25) is 0 Å². The molecule has 0 aliphatic carbocycles. The number of nitrogens with zero attached hydrogens (tertiary/aromatic N) is 3. The molecule has 0 radical (unpaired) electrons. The van der Waals surface area contributed by atoms with Gasteiger partial charge in [-0.2, -0.15) is 11.8 Å². The van der Waals surface area contributed by atoms with E-state index in [1.165, 1.54) is 43.1 Å². The molecule has 0 spiro atoms. The Hall–Kier alpha value is -0.940.